The van der Waals surface area contributed by atoms with Crippen LogP contribution in [0, 0.1) is 0 Å². The van der Waals surface area contributed by atoms with Crippen LogP contribution in [0.3, 0.4) is 0 Å². The van der Waals surface area contributed by atoms with Gasteiger partial charge in [-0.05, 0) is 37.5 Å². The van der Waals surface area contributed by atoms with Crippen LogP contribution in [0.15, 0.2) is 23.0 Å². The maximum Gasteiger partial charge on any atom is 0.258 e. The Morgan fingerprint density at radius 2 is 1.93 bits per heavy atom. The van der Waals surface area contributed by atoms with Gasteiger partial charge in [-0.2, -0.15) is 4.98 Å². The fourth-order valence-corrected chi connectivity index (χ4v) is 3.99. The molecule has 10 heteroatoms. The highest BCUT2D eigenvalue weighted by atomic mass is 35.5. The van der Waals surface area contributed by atoms with E-state index in [1.54, 1.807) is 12.1 Å². The van der Waals surface area contributed by atoms with Gasteiger partial charge in [-0.15, -0.1) is 0 Å². The molecule has 3 heterocycles. The highest BCUT2D eigenvalue weighted by Gasteiger charge is 2.35. The third-order valence-corrected chi connectivity index (χ3v) is 5.66. The Morgan fingerprint density at radius 1 is 1.17 bits per heavy atom. The fraction of sp³-hybridized carbons (Fsp3) is 0.368. The molecule has 2 aliphatic rings. The zero-order valence-electron chi connectivity index (χ0n) is 15.4. The van der Waals surface area contributed by atoms with E-state index in [0.29, 0.717) is 21.7 Å². The zero-order chi connectivity index (χ0) is 20.5. The first-order chi connectivity index (χ1) is 13.9. The number of piperidine rings is 1. The van der Waals surface area contributed by atoms with Gasteiger partial charge in [0.1, 0.15) is 5.82 Å². The quantitative estimate of drug-likeness (QED) is 0.686. The molecule has 2 aromatic rings. The van der Waals surface area contributed by atoms with Crippen molar-refractivity contribution in [3.8, 4) is 0 Å². The summed E-state index contributed by atoms with van der Waals surface area (Å²) < 4.78 is 0. The van der Waals surface area contributed by atoms with Crippen molar-refractivity contribution in [3.05, 3.63) is 44.2 Å². The third-order valence-electron chi connectivity index (χ3n) is 5.10. The Morgan fingerprint density at radius 3 is 2.69 bits per heavy atom. The number of carbonyl (C=O) groups is 2. The Kier molecular flexibility index (Phi) is 5.47. The minimum Gasteiger partial charge on any atom is -0.342 e. The molecule has 1 saturated heterocycles. The highest BCUT2D eigenvalue weighted by Crippen LogP contribution is 2.32. The van der Waals surface area contributed by atoms with Crippen molar-refractivity contribution in [1.29, 1.82) is 0 Å². The molecule has 0 spiro atoms. The first-order valence-corrected chi connectivity index (χ1v) is 10.1. The van der Waals surface area contributed by atoms with Gasteiger partial charge in [0.2, 0.25) is 17.8 Å². The summed E-state index contributed by atoms with van der Waals surface area (Å²) in [7, 11) is 0. The summed E-state index contributed by atoms with van der Waals surface area (Å²) in [6.07, 6.45) is 3.00. The standard InChI is InChI=1S/C19H19Cl2N5O3/c20-10-4-5-12(21)13(8-10)22-17(28)11-9-14(27)23-16-15(11)18(29)25-19(24-16)26-6-2-1-3-7-26/h4-5,8,11H,1-3,6-7,9H2,(H,22,28)(H2,23,24,25,27,29)/t11-/m1/s1. The van der Waals surface area contributed by atoms with Crippen LogP contribution in [0.4, 0.5) is 17.5 Å². The van der Waals surface area contributed by atoms with Crippen molar-refractivity contribution in [1.82, 2.24) is 9.97 Å². The number of carbonyl (C=O) groups excluding carboxylic acids is 2. The van der Waals surface area contributed by atoms with Gasteiger partial charge in [-0.3, -0.25) is 19.4 Å². The minimum absolute atomic E-state index is 0.128. The molecule has 1 aromatic heterocycles. The second-order valence-corrected chi connectivity index (χ2v) is 7.96. The second kappa shape index (κ2) is 8.04. The summed E-state index contributed by atoms with van der Waals surface area (Å²) in [6, 6.07) is 4.66. The van der Waals surface area contributed by atoms with E-state index < -0.39 is 17.4 Å². The average molecular weight is 436 g/mol. The largest absolute Gasteiger partial charge is 0.342 e. The lowest BCUT2D eigenvalue weighted by molar-refractivity contribution is -0.123. The average Bonchev–Trinajstić information content (AvgIpc) is 2.70. The van der Waals surface area contributed by atoms with E-state index in [-0.39, 0.29) is 23.7 Å². The predicted molar refractivity (Wildman–Crippen MR) is 112 cm³/mol. The lowest BCUT2D eigenvalue weighted by atomic mass is 9.92. The smallest absolute Gasteiger partial charge is 0.258 e. The van der Waals surface area contributed by atoms with Gasteiger partial charge < -0.3 is 15.5 Å². The highest BCUT2D eigenvalue weighted by molar-refractivity contribution is 6.35. The van der Waals surface area contributed by atoms with Crippen LogP contribution in [0.2, 0.25) is 10.0 Å². The van der Waals surface area contributed by atoms with Crippen LogP contribution < -0.4 is 21.1 Å². The molecule has 1 atom stereocenters. The molecule has 29 heavy (non-hydrogen) atoms. The molecular weight excluding hydrogens is 417 g/mol. The number of hydrogen-bond acceptors (Lipinski definition) is 5. The molecule has 0 radical (unpaired) electrons. The lowest BCUT2D eigenvalue weighted by Gasteiger charge is -2.29. The normalized spacial score (nSPS) is 18.8. The Labute approximate surface area is 176 Å². The Bertz CT molecular complexity index is 1030. The van der Waals surface area contributed by atoms with Crippen molar-refractivity contribution >= 4 is 52.5 Å². The van der Waals surface area contributed by atoms with Gasteiger partial charge in [0.15, 0.2) is 0 Å². The van der Waals surface area contributed by atoms with E-state index in [1.165, 1.54) is 6.07 Å². The summed E-state index contributed by atoms with van der Waals surface area (Å²) in [4.78, 5) is 47.1. The molecule has 1 fully saturated rings. The monoisotopic (exact) mass is 435 g/mol. The summed E-state index contributed by atoms with van der Waals surface area (Å²) in [5.74, 6) is -1.35. The van der Waals surface area contributed by atoms with E-state index in [2.05, 4.69) is 20.6 Å². The Hall–Kier alpha value is -2.58. The van der Waals surface area contributed by atoms with E-state index in [9.17, 15) is 14.4 Å². The minimum atomic E-state index is -0.986. The van der Waals surface area contributed by atoms with Gasteiger partial charge in [-0.25, -0.2) is 0 Å². The maximum atomic E-state index is 12.9. The molecule has 0 bridgehead atoms. The van der Waals surface area contributed by atoms with Crippen molar-refractivity contribution < 1.29 is 9.59 Å². The lowest BCUT2D eigenvalue weighted by Crippen LogP contribution is -2.38. The number of halogens is 2. The molecule has 0 unspecified atom stereocenters. The molecule has 0 aliphatic carbocycles. The molecule has 8 nitrogen and oxygen atoms in total. The molecule has 2 aliphatic heterocycles. The van der Waals surface area contributed by atoms with E-state index in [4.69, 9.17) is 23.2 Å². The molecule has 152 valence electrons. The number of rotatable bonds is 3. The summed E-state index contributed by atoms with van der Waals surface area (Å²) in [5, 5.41) is 5.99. The van der Waals surface area contributed by atoms with Crippen LogP contribution in [0.5, 0.6) is 0 Å². The van der Waals surface area contributed by atoms with Crippen LogP contribution in [0.1, 0.15) is 37.2 Å². The number of aromatic amines is 1. The molecule has 4 rings (SSSR count). The first-order valence-electron chi connectivity index (χ1n) is 9.37. The Balaban J connectivity index is 1.66. The van der Waals surface area contributed by atoms with E-state index >= 15 is 0 Å². The number of anilines is 3. The van der Waals surface area contributed by atoms with E-state index in [0.717, 1.165) is 32.4 Å². The zero-order valence-corrected chi connectivity index (χ0v) is 16.9. The first kappa shape index (κ1) is 19.7. The van der Waals surface area contributed by atoms with Crippen LogP contribution in [0.25, 0.3) is 0 Å². The van der Waals surface area contributed by atoms with Gasteiger partial charge in [0.05, 0.1) is 22.2 Å². The maximum absolute atomic E-state index is 12.9. The van der Waals surface area contributed by atoms with Crippen LogP contribution in [-0.4, -0.2) is 34.9 Å². The van der Waals surface area contributed by atoms with Crippen molar-refractivity contribution in [2.24, 2.45) is 0 Å². The molecule has 0 saturated carbocycles. The number of nitrogens with one attached hydrogen (secondary N) is 3. The summed E-state index contributed by atoms with van der Waals surface area (Å²) >= 11 is 12.1. The fourth-order valence-electron chi connectivity index (χ4n) is 3.65. The predicted octanol–water partition coefficient (Wildman–Crippen LogP) is 3.13. The number of benzene rings is 1. The molecular formula is C19H19Cl2N5O3. The molecule has 3 N–H and O–H groups in total. The number of fused-ring (bicyclic) bond motifs is 1. The number of hydrogen-bond donors (Lipinski definition) is 3. The molecule has 1 aromatic carbocycles. The van der Waals surface area contributed by atoms with Gasteiger partial charge in [0.25, 0.3) is 5.56 Å². The third kappa shape index (κ3) is 4.09. The van der Waals surface area contributed by atoms with Crippen LogP contribution in [-0.2, 0) is 9.59 Å². The molecule has 2 amide bonds. The van der Waals surface area contributed by atoms with Gasteiger partial charge in [-0.1, -0.05) is 23.2 Å². The number of amides is 2. The number of aromatic nitrogens is 2. The van der Waals surface area contributed by atoms with Gasteiger partial charge in [0, 0.05) is 24.5 Å². The number of H-pyrrole nitrogens is 1. The SMILES string of the molecule is O=C1C[C@@H](C(=O)Nc2cc(Cl)ccc2Cl)c2c(nc(N3CCCCC3)[nH]c2=O)N1. The number of nitrogens with zero attached hydrogens (tertiary/aromatic N) is 2. The van der Waals surface area contributed by atoms with E-state index in [1.807, 2.05) is 4.90 Å². The summed E-state index contributed by atoms with van der Waals surface area (Å²) in [6.45, 7) is 1.57. The van der Waals surface area contributed by atoms with Crippen molar-refractivity contribution in [3.63, 3.8) is 0 Å². The van der Waals surface area contributed by atoms with Crippen molar-refractivity contribution in [2.75, 3.05) is 28.6 Å². The second-order valence-electron chi connectivity index (χ2n) is 7.12. The topological polar surface area (TPSA) is 107 Å². The van der Waals surface area contributed by atoms with Crippen LogP contribution >= 0.6 is 23.2 Å². The van der Waals surface area contributed by atoms with Gasteiger partial charge >= 0.3 is 0 Å². The van der Waals surface area contributed by atoms with Crippen molar-refractivity contribution in [2.45, 2.75) is 31.6 Å². The summed E-state index contributed by atoms with van der Waals surface area (Å²) in [5.41, 5.74) is 0.0138.